The van der Waals surface area contributed by atoms with Gasteiger partial charge in [0.25, 0.3) is 0 Å². The molecule has 1 saturated heterocycles. The van der Waals surface area contributed by atoms with Gasteiger partial charge in [-0.2, -0.15) is 0 Å². The maximum atomic E-state index is 12.7. The molecule has 1 heterocycles. The highest BCUT2D eigenvalue weighted by atomic mass is 35.5. The molecule has 2 rings (SSSR count). The van der Waals surface area contributed by atoms with Gasteiger partial charge in [-0.3, -0.25) is 0 Å². The minimum absolute atomic E-state index is 0. The van der Waals surface area contributed by atoms with Crippen LogP contribution in [0.3, 0.4) is 0 Å². The largest absolute Gasteiger partial charge is 0.494 e. The van der Waals surface area contributed by atoms with E-state index in [0.29, 0.717) is 12.5 Å². The van der Waals surface area contributed by atoms with Crippen LogP contribution in [0.5, 0.6) is 5.75 Å². The highest BCUT2D eigenvalue weighted by Crippen LogP contribution is 2.25. The minimum Gasteiger partial charge on any atom is -0.494 e. The molecule has 0 amide bonds. The number of rotatable bonds is 5. The second kappa shape index (κ2) is 11.0. The zero-order valence-corrected chi connectivity index (χ0v) is 14.4. The van der Waals surface area contributed by atoms with Crippen molar-refractivity contribution >= 4 is 24.8 Å². The number of nitrogens with one attached hydrogen (secondary N) is 1. The maximum absolute atomic E-state index is 12.7. The van der Waals surface area contributed by atoms with E-state index in [0.717, 1.165) is 38.1 Å². The lowest BCUT2D eigenvalue weighted by atomic mass is 9.78. The minimum atomic E-state index is -0.237. The van der Waals surface area contributed by atoms with E-state index in [9.17, 15) is 4.39 Å². The Morgan fingerprint density at radius 2 is 1.95 bits per heavy atom. The van der Waals surface area contributed by atoms with Crippen LogP contribution in [0.4, 0.5) is 4.39 Å². The van der Waals surface area contributed by atoms with Crippen molar-refractivity contribution in [3.05, 3.63) is 30.1 Å². The number of hydrogen-bond donors (Lipinski definition) is 2. The van der Waals surface area contributed by atoms with Crippen LogP contribution in [0.25, 0.3) is 0 Å². The van der Waals surface area contributed by atoms with E-state index in [1.807, 2.05) is 0 Å². The van der Waals surface area contributed by atoms with Crippen LogP contribution in [0.1, 0.15) is 26.2 Å². The van der Waals surface area contributed by atoms with E-state index in [1.165, 1.54) is 12.1 Å². The van der Waals surface area contributed by atoms with Gasteiger partial charge < -0.3 is 21.3 Å². The molecule has 4 nitrogen and oxygen atoms in total. The van der Waals surface area contributed by atoms with Crippen molar-refractivity contribution in [2.45, 2.75) is 31.7 Å². The maximum Gasteiger partial charge on any atom is 0.123 e. The van der Waals surface area contributed by atoms with Crippen molar-refractivity contribution in [1.82, 2.24) is 5.32 Å². The summed E-state index contributed by atoms with van der Waals surface area (Å²) < 4.78 is 18.3. The molecular formula is C15H27Cl2FN2O2. The van der Waals surface area contributed by atoms with Crippen molar-refractivity contribution in [2.75, 3.05) is 19.7 Å². The van der Waals surface area contributed by atoms with E-state index >= 15 is 0 Å². The molecule has 2 atom stereocenters. The monoisotopic (exact) mass is 356 g/mol. The van der Waals surface area contributed by atoms with Crippen LogP contribution in [0, 0.1) is 11.7 Å². The van der Waals surface area contributed by atoms with Crippen molar-refractivity contribution in [3.63, 3.8) is 0 Å². The molecule has 1 aromatic carbocycles. The van der Waals surface area contributed by atoms with Gasteiger partial charge in [0.2, 0.25) is 0 Å². The van der Waals surface area contributed by atoms with Crippen LogP contribution in [-0.2, 0) is 0 Å². The smallest absolute Gasteiger partial charge is 0.123 e. The predicted octanol–water partition coefficient (Wildman–Crippen LogP) is 2.33. The van der Waals surface area contributed by atoms with Crippen molar-refractivity contribution in [3.8, 4) is 5.75 Å². The third-order valence-corrected chi connectivity index (χ3v) is 3.94. The summed E-state index contributed by atoms with van der Waals surface area (Å²) in [6.07, 6.45) is 3.05. The Balaban J connectivity index is 0. The standard InChI is InChI=1S/C15H23FN2O.2ClH.H2O/c1-15(17)8-9-18-11-12(15)3-2-10-19-14-6-4-13(16)5-7-14;;;/h4-7,12,18H,2-3,8-11,17H2,1H3;2*1H;1H2. The Labute approximate surface area is 144 Å². The molecule has 2 unspecified atom stereocenters. The Morgan fingerprint density at radius 1 is 1.32 bits per heavy atom. The van der Waals surface area contributed by atoms with Crippen LogP contribution in [-0.4, -0.2) is 30.7 Å². The molecule has 1 aliphatic heterocycles. The summed E-state index contributed by atoms with van der Waals surface area (Å²) in [6.45, 7) is 4.79. The van der Waals surface area contributed by atoms with Gasteiger partial charge in [-0.15, -0.1) is 24.8 Å². The highest BCUT2D eigenvalue weighted by Gasteiger charge is 2.31. The second-order valence-electron chi connectivity index (χ2n) is 5.60. The first kappa shape index (κ1) is 23.7. The fourth-order valence-corrected chi connectivity index (χ4v) is 2.55. The Bertz CT molecular complexity index is 405. The Hall–Kier alpha value is -0.590. The van der Waals surface area contributed by atoms with E-state index in [2.05, 4.69) is 12.2 Å². The molecule has 0 saturated carbocycles. The van der Waals surface area contributed by atoms with Crippen LogP contribution in [0.15, 0.2) is 24.3 Å². The first-order chi connectivity index (χ1) is 9.08. The summed E-state index contributed by atoms with van der Waals surface area (Å²) in [4.78, 5) is 0. The van der Waals surface area contributed by atoms with Crippen LogP contribution in [0.2, 0.25) is 0 Å². The summed E-state index contributed by atoms with van der Waals surface area (Å²) in [5, 5.41) is 3.39. The van der Waals surface area contributed by atoms with Gasteiger partial charge in [0, 0.05) is 5.54 Å². The van der Waals surface area contributed by atoms with Gasteiger partial charge in [-0.1, -0.05) is 0 Å². The fraction of sp³-hybridized carbons (Fsp3) is 0.600. The zero-order chi connectivity index (χ0) is 13.7. The molecule has 1 aliphatic rings. The summed E-state index contributed by atoms with van der Waals surface area (Å²) in [6, 6.07) is 6.14. The quantitative estimate of drug-likeness (QED) is 0.794. The van der Waals surface area contributed by atoms with E-state index in [-0.39, 0.29) is 41.6 Å². The van der Waals surface area contributed by atoms with Gasteiger partial charge in [-0.05, 0) is 69.5 Å². The topological polar surface area (TPSA) is 78.8 Å². The Kier molecular flexibility index (Phi) is 11.9. The molecule has 1 aromatic rings. The third kappa shape index (κ3) is 7.11. The molecule has 22 heavy (non-hydrogen) atoms. The van der Waals surface area contributed by atoms with Crippen LogP contribution >= 0.6 is 24.8 Å². The van der Waals surface area contributed by atoms with Gasteiger partial charge in [0.05, 0.1) is 6.61 Å². The van der Waals surface area contributed by atoms with Crippen molar-refractivity contribution in [2.24, 2.45) is 11.7 Å². The predicted molar refractivity (Wildman–Crippen MR) is 92.8 cm³/mol. The lowest BCUT2D eigenvalue weighted by molar-refractivity contribution is 0.195. The Morgan fingerprint density at radius 3 is 2.55 bits per heavy atom. The van der Waals surface area contributed by atoms with Crippen LogP contribution < -0.4 is 15.8 Å². The average molecular weight is 357 g/mol. The summed E-state index contributed by atoms with van der Waals surface area (Å²) >= 11 is 0. The first-order valence-corrected chi connectivity index (χ1v) is 6.96. The van der Waals surface area contributed by atoms with Gasteiger partial charge in [0.1, 0.15) is 11.6 Å². The lowest BCUT2D eigenvalue weighted by Crippen LogP contribution is -2.54. The van der Waals surface area contributed by atoms with Crippen molar-refractivity contribution in [1.29, 1.82) is 0 Å². The number of nitrogens with two attached hydrogens (primary N) is 1. The molecule has 1 fully saturated rings. The van der Waals surface area contributed by atoms with Gasteiger partial charge >= 0.3 is 0 Å². The second-order valence-corrected chi connectivity index (χ2v) is 5.60. The molecule has 0 spiro atoms. The molecular weight excluding hydrogens is 330 g/mol. The van der Waals surface area contributed by atoms with Gasteiger partial charge in [-0.25, -0.2) is 4.39 Å². The molecule has 7 heteroatoms. The SMILES string of the molecule is CC1(N)CCNCC1CCCOc1ccc(F)cc1.Cl.Cl.O. The van der Waals surface area contributed by atoms with E-state index < -0.39 is 0 Å². The molecule has 0 aromatic heterocycles. The number of hydrogen-bond acceptors (Lipinski definition) is 3. The molecule has 5 N–H and O–H groups in total. The molecule has 0 bridgehead atoms. The fourth-order valence-electron chi connectivity index (χ4n) is 2.55. The number of ether oxygens (including phenoxy) is 1. The number of halogens is 3. The van der Waals surface area contributed by atoms with Crippen molar-refractivity contribution < 1.29 is 14.6 Å². The number of piperidine rings is 1. The first-order valence-electron chi connectivity index (χ1n) is 6.96. The summed E-state index contributed by atoms with van der Waals surface area (Å²) in [7, 11) is 0. The van der Waals surface area contributed by atoms with E-state index in [4.69, 9.17) is 10.5 Å². The normalized spacial score (nSPS) is 23.5. The zero-order valence-electron chi connectivity index (χ0n) is 12.8. The molecule has 0 radical (unpaired) electrons. The number of benzene rings is 1. The van der Waals surface area contributed by atoms with E-state index in [1.54, 1.807) is 12.1 Å². The molecule has 0 aliphatic carbocycles. The van der Waals surface area contributed by atoms with Gasteiger partial charge in [0.15, 0.2) is 0 Å². The summed E-state index contributed by atoms with van der Waals surface area (Å²) in [5.41, 5.74) is 6.24. The summed E-state index contributed by atoms with van der Waals surface area (Å²) in [5.74, 6) is 0.983. The average Bonchev–Trinajstić information content (AvgIpc) is 2.38. The third-order valence-electron chi connectivity index (χ3n) is 3.94. The molecule has 130 valence electrons. The lowest BCUT2D eigenvalue weighted by Gasteiger charge is -2.39. The highest BCUT2D eigenvalue weighted by molar-refractivity contribution is 5.85.